The van der Waals surface area contributed by atoms with E-state index in [2.05, 4.69) is 153 Å². The Kier molecular flexibility index (Phi) is 28.7. The third-order valence-corrected chi connectivity index (χ3v) is 17.5. The van der Waals surface area contributed by atoms with Crippen LogP contribution in [0.5, 0.6) is 11.5 Å². The SMILES string of the molecule is C1CNCCN1.CCc1ncc(N2CCN(c3ccn4cc(-c5cc(Cl)c(OC)cc5CO)nc4c3)CC2)cn1.CNc1ncc(Br)cn1.CNc1ncc(N2CCNCC2)cn1.CNc1ncc(N2CCNCC2)cn1.COc1cc(CO)c(-c2cn3ccc(Br)cc3n2)cc1Cl. The fourth-order valence-electron chi connectivity index (χ4n) is 10.7. The van der Waals surface area contributed by atoms with E-state index in [4.69, 9.17) is 37.7 Å². The first-order chi connectivity index (χ1) is 47.8. The quantitative estimate of drug-likeness (QED) is 0.0497. The van der Waals surface area contributed by atoms with E-state index in [9.17, 15) is 10.2 Å². The fraction of sp³-hybridized carbons (Fsp3) is 0.373. The van der Waals surface area contributed by atoms with Gasteiger partial charge in [-0.05, 0) is 69.5 Å². The van der Waals surface area contributed by atoms with Crippen molar-refractivity contribution in [3.8, 4) is 34.0 Å². The van der Waals surface area contributed by atoms with Crippen LogP contribution in [-0.4, -0.2) is 209 Å². The Morgan fingerprint density at radius 2 is 0.827 bits per heavy atom. The van der Waals surface area contributed by atoms with Gasteiger partial charge in [0.15, 0.2) is 0 Å². The van der Waals surface area contributed by atoms with Crippen molar-refractivity contribution in [3.63, 3.8) is 0 Å². The Morgan fingerprint density at radius 1 is 0.459 bits per heavy atom. The predicted octanol–water partition coefficient (Wildman–Crippen LogP) is 8.07. The number of aliphatic hydroxyl groups excluding tert-OH is 2. The minimum Gasteiger partial charge on any atom is -0.495 e. The van der Waals surface area contributed by atoms with Crippen LogP contribution in [0.15, 0.2) is 132 Å². The van der Waals surface area contributed by atoms with Crippen LogP contribution in [0, 0.1) is 0 Å². The van der Waals surface area contributed by atoms with Crippen LogP contribution in [-0.2, 0) is 19.6 Å². The first-order valence-corrected chi connectivity index (χ1v) is 34.5. The number of aryl methyl sites for hydroxylation is 1. The molecular formula is C67H85Br2Cl2N23O4. The zero-order valence-electron chi connectivity index (χ0n) is 55.9. The van der Waals surface area contributed by atoms with E-state index in [1.54, 1.807) is 57.9 Å². The average molecular weight is 1510 g/mol. The summed E-state index contributed by atoms with van der Waals surface area (Å²) in [5.74, 6) is 3.92. The van der Waals surface area contributed by atoms with Gasteiger partial charge in [-0.25, -0.2) is 49.8 Å². The summed E-state index contributed by atoms with van der Waals surface area (Å²) in [6, 6.07) is 15.1. The second-order valence-electron chi connectivity index (χ2n) is 22.3. The van der Waals surface area contributed by atoms with Crippen molar-refractivity contribution in [2.24, 2.45) is 0 Å². The number of ether oxygens (including phenoxy) is 2. The molecule has 10 aromatic rings. The van der Waals surface area contributed by atoms with E-state index >= 15 is 0 Å². The van der Waals surface area contributed by atoms with E-state index in [1.165, 1.54) is 0 Å². The summed E-state index contributed by atoms with van der Waals surface area (Å²) >= 11 is 19.2. The van der Waals surface area contributed by atoms with Gasteiger partial charge in [-0.15, -0.1) is 0 Å². The van der Waals surface area contributed by atoms with Crippen LogP contribution < -0.4 is 66.3 Å². The largest absolute Gasteiger partial charge is 0.495 e. The molecular weight excluding hydrogens is 1420 g/mol. The van der Waals surface area contributed by atoms with Gasteiger partial charge in [0.25, 0.3) is 0 Å². The van der Waals surface area contributed by atoms with Crippen molar-refractivity contribution >= 4 is 107 Å². The second-order valence-corrected chi connectivity index (χ2v) is 24.9. The number of fused-ring (bicyclic) bond motifs is 2. The van der Waals surface area contributed by atoms with Gasteiger partial charge in [-0.3, -0.25) is 0 Å². The molecule has 14 rings (SSSR count). The highest BCUT2D eigenvalue weighted by Gasteiger charge is 2.21. The number of piperazine rings is 4. The zero-order chi connectivity index (χ0) is 69.2. The summed E-state index contributed by atoms with van der Waals surface area (Å²) < 4.78 is 16.2. The maximum absolute atomic E-state index is 9.86. The van der Waals surface area contributed by atoms with Gasteiger partial charge in [0.05, 0.1) is 108 Å². The van der Waals surface area contributed by atoms with Gasteiger partial charge in [-0.1, -0.05) is 46.1 Å². The molecule has 4 saturated heterocycles. The lowest BCUT2D eigenvalue weighted by atomic mass is 10.1. The standard InChI is InChI=1S/C25H27ClN6O2.C15H12BrClN2O2.2C9H15N5.C5H6BrN3.C4H10N2/c1-3-24-27-13-19(14-28-24)31-8-6-30(7-9-31)18-4-5-32-15-22(29-25(32)11-18)20-12-21(26)23(34-2)10-17(20)16-33;1-21-14-4-9(8-20)11(6-12(14)17)13-7-19-3-2-10(16)5-15(19)18-13;2*1-10-9-12-6-8(7-13-9)14-4-2-11-3-5-14;1-7-5-8-2-4(6)3-9-5;1-2-6-4-3-5-1/h4-5,10-15,33H,3,6-9,16H2,1-2H3;2-7,20H,8H2,1H3;2*6-7,11H,2-5H2,1H3,(H,10,12,13);2-3H,1H3,(H,7,8,9);5-6H,1-4H2. The number of nitrogens with zero attached hydrogens (tertiary/aromatic N) is 16. The summed E-state index contributed by atoms with van der Waals surface area (Å²) in [5, 5.41) is 42.1. The van der Waals surface area contributed by atoms with Crippen molar-refractivity contribution in [2.75, 3.05) is 176 Å². The molecule has 12 heterocycles. The van der Waals surface area contributed by atoms with E-state index < -0.39 is 0 Å². The van der Waals surface area contributed by atoms with Crippen LogP contribution in [0.4, 0.5) is 40.6 Å². The monoisotopic (exact) mass is 1500 g/mol. The minimum atomic E-state index is -0.127. The van der Waals surface area contributed by atoms with Gasteiger partial charge >= 0.3 is 0 Å². The van der Waals surface area contributed by atoms with Crippen molar-refractivity contribution in [3.05, 3.63) is 159 Å². The number of anilines is 7. The number of aromatic nitrogens is 12. The van der Waals surface area contributed by atoms with E-state index in [-0.39, 0.29) is 13.2 Å². The molecule has 2 aromatic carbocycles. The molecule has 27 nitrogen and oxygen atoms in total. The van der Waals surface area contributed by atoms with Crippen molar-refractivity contribution in [1.29, 1.82) is 0 Å². The first kappa shape index (κ1) is 73.9. The summed E-state index contributed by atoms with van der Waals surface area (Å²) in [4.78, 5) is 52.1. The number of methoxy groups -OCH3 is 2. The van der Waals surface area contributed by atoms with Crippen LogP contribution in [0.25, 0.3) is 33.8 Å². The predicted molar refractivity (Wildman–Crippen MR) is 398 cm³/mol. The molecule has 4 aliphatic rings. The van der Waals surface area contributed by atoms with Gasteiger partial charge in [0, 0.05) is 197 Å². The number of halogens is 4. The molecule has 0 bridgehead atoms. The average Bonchev–Trinajstić information content (AvgIpc) is 1.62. The number of hydrogen-bond acceptors (Lipinski definition) is 25. The minimum absolute atomic E-state index is 0.111. The maximum Gasteiger partial charge on any atom is 0.222 e. The fourth-order valence-corrected chi connectivity index (χ4v) is 11.7. The second kappa shape index (κ2) is 38.1. The number of hydrogen-bond donors (Lipinski definition) is 9. The molecule has 0 aliphatic carbocycles. The molecule has 520 valence electrons. The molecule has 0 amide bonds. The van der Waals surface area contributed by atoms with Crippen LogP contribution >= 0.6 is 55.1 Å². The molecule has 9 N–H and O–H groups in total. The van der Waals surface area contributed by atoms with Gasteiger partial charge < -0.3 is 85.3 Å². The number of nitrogens with one attached hydrogen (secondary N) is 7. The van der Waals surface area contributed by atoms with Gasteiger partial charge in [0.2, 0.25) is 17.8 Å². The van der Waals surface area contributed by atoms with Crippen molar-refractivity contribution in [2.45, 2.75) is 26.6 Å². The zero-order valence-corrected chi connectivity index (χ0v) is 60.5. The lowest BCUT2D eigenvalue weighted by Crippen LogP contribution is -2.46. The Bertz CT molecular complexity index is 3970. The molecule has 0 saturated carbocycles. The van der Waals surface area contributed by atoms with E-state index in [1.807, 2.05) is 97.0 Å². The highest BCUT2D eigenvalue weighted by molar-refractivity contribution is 9.10. The first-order valence-electron chi connectivity index (χ1n) is 32.2. The molecule has 31 heteroatoms. The number of pyridine rings is 2. The summed E-state index contributed by atoms with van der Waals surface area (Å²) in [6.45, 7) is 18.3. The number of benzene rings is 2. The Morgan fingerprint density at radius 3 is 1.21 bits per heavy atom. The van der Waals surface area contributed by atoms with Gasteiger partial charge in [0.1, 0.15) is 28.6 Å². The van der Waals surface area contributed by atoms with E-state index in [0.29, 0.717) is 39.4 Å². The Balaban J connectivity index is 0.000000150. The highest BCUT2D eigenvalue weighted by atomic mass is 79.9. The summed E-state index contributed by atoms with van der Waals surface area (Å²) in [6.07, 6.45) is 23.3. The maximum atomic E-state index is 9.86. The molecule has 98 heavy (non-hydrogen) atoms. The molecule has 4 aliphatic heterocycles. The van der Waals surface area contributed by atoms with Crippen LogP contribution in [0.2, 0.25) is 10.0 Å². The highest BCUT2D eigenvalue weighted by Crippen LogP contribution is 2.36. The third kappa shape index (κ3) is 20.8. The Hall–Kier alpha value is -8.36. The number of aliphatic hydroxyl groups is 2. The van der Waals surface area contributed by atoms with Crippen LogP contribution in [0.3, 0.4) is 0 Å². The molecule has 4 fully saturated rings. The lowest BCUT2D eigenvalue weighted by molar-refractivity contribution is 0.281. The van der Waals surface area contributed by atoms with Crippen molar-refractivity contribution < 1.29 is 19.7 Å². The van der Waals surface area contributed by atoms with Gasteiger partial charge in [-0.2, -0.15) is 0 Å². The molecule has 0 spiro atoms. The van der Waals surface area contributed by atoms with Crippen LogP contribution in [0.1, 0.15) is 23.9 Å². The normalized spacial score (nSPS) is 14.4. The molecule has 8 aromatic heterocycles. The molecule has 0 radical (unpaired) electrons. The molecule has 0 unspecified atom stereocenters. The number of imidazole rings is 2. The topological polar surface area (TPSA) is 294 Å². The van der Waals surface area contributed by atoms with E-state index in [0.717, 1.165) is 194 Å². The summed E-state index contributed by atoms with van der Waals surface area (Å²) in [5.41, 5.74) is 10.6. The van der Waals surface area contributed by atoms with Crippen molar-refractivity contribution in [1.82, 2.24) is 79.9 Å². The Labute approximate surface area is 597 Å². The smallest absolute Gasteiger partial charge is 0.222 e. The number of rotatable bonds is 14. The third-order valence-electron chi connectivity index (χ3n) is 16.0. The summed E-state index contributed by atoms with van der Waals surface area (Å²) in [7, 11) is 8.53. The molecule has 0 atom stereocenters. The lowest BCUT2D eigenvalue weighted by Gasteiger charge is -2.37.